The molecule has 0 radical (unpaired) electrons. The van der Waals surface area contributed by atoms with Crippen molar-refractivity contribution in [3.8, 4) is 5.75 Å². The van der Waals surface area contributed by atoms with Crippen LogP contribution in [0.25, 0.3) is 0 Å². The fourth-order valence-corrected chi connectivity index (χ4v) is 5.36. The van der Waals surface area contributed by atoms with E-state index in [0.717, 1.165) is 12.3 Å². The number of ether oxygens (including phenoxy) is 1. The van der Waals surface area contributed by atoms with Crippen molar-refractivity contribution in [2.75, 3.05) is 20.2 Å². The Labute approximate surface area is 206 Å². The zero-order chi connectivity index (χ0) is 23.4. The Kier molecular flexibility index (Phi) is 9.60. The van der Waals surface area contributed by atoms with E-state index in [2.05, 4.69) is 89.1 Å². The van der Waals surface area contributed by atoms with Crippen LogP contribution in [0.15, 0.2) is 84.9 Å². The lowest BCUT2D eigenvalue weighted by Gasteiger charge is -2.42. The first-order valence-corrected chi connectivity index (χ1v) is 13.0. The van der Waals surface area contributed by atoms with E-state index >= 15 is 0 Å². The molecule has 180 valence electrons. The van der Waals surface area contributed by atoms with Crippen LogP contribution in [-0.2, 0) is 13.0 Å². The standard InChI is InChI=1S/C31H40N2O/c1-34-30-22-12-11-20-28(30)25-32-29-21-14-24-33(31(29)27-18-9-5-10-19-27)23-13-3-2-6-15-26-16-7-4-8-17-26/h4-5,7-12,16-20,22,29,31-32H,2-3,6,13-15,21,23-25H2,1H3/t29-,31-/m0/s1. The maximum atomic E-state index is 5.58. The number of benzene rings is 3. The molecule has 1 aliphatic heterocycles. The van der Waals surface area contributed by atoms with E-state index in [0.29, 0.717) is 12.1 Å². The summed E-state index contributed by atoms with van der Waals surface area (Å²) in [6.07, 6.45) is 8.85. The van der Waals surface area contributed by atoms with Gasteiger partial charge >= 0.3 is 0 Å². The third-order valence-electron chi connectivity index (χ3n) is 7.13. The van der Waals surface area contributed by atoms with Crippen LogP contribution in [0.4, 0.5) is 0 Å². The second-order valence-electron chi connectivity index (χ2n) is 9.48. The molecule has 1 fully saturated rings. The highest BCUT2D eigenvalue weighted by molar-refractivity contribution is 5.33. The minimum atomic E-state index is 0.425. The van der Waals surface area contributed by atoms with E-state index in [9.17, 15) is 0 Å². The number of methoxy groups -OCH3 is 1. The first-order chi connectivity index (χ1) is 16.8. The molecule has 0 amide bonds. The van der Waals surface area contributed by atoms with Gasteiger partial charge < -0.3 is 10.1 Å². The molecule has 2 atom stereocenters. The van der Waals surface area contributed by atoms with Gasteiger partial charge in [0.2, 0.25) is 0 Å². The Morgan fingerprint density at radius 3 is 2.32 bits per heavy atom. The second kappa shape index (κ2) is 13.3. The molecule has 1 N–H and O–H groups in total. The number of aryl methyl sites for hydroxylation is 1. The summed E-state index contributed by atoms with van der Waals surface area (Å²) >= 11 is 0. The molecule has 3 aromatic rings. The number of unbranched alkanes of at least 4 members (excludes halogenated alkanes) is 3. The molecule has 34 heavy (non-hydrogen) atoms. The number of likely N-dealkylation sites (tertiary alicyclic amines) is 1. The summed E-state index contributed by atoms with van der Waals surface area (Å²) in [6.45, 7) is 3.21. The lowest BCUT2D eigenvalue weighted by Crippen LogP contribution is -2.48. The van der Waals surface area contributed by atoms with E-state index in [1.54, 1.807) is 7.11 Å². The molecule has 0 aliphatic carbocycles. The number of hydrogen-bond acceptors (Lipinski definition) is 3. The molecular weight excluding hydrogens is 416 g/mol. The van der Waals surface area contributed by atoms with Crippen molar-refractivity contribution >= 4 is 0 Å². The van der Waals surface area contributed by atoms with Crippen LogP contribution in [0.3, 0.4) is 0 Å². The maximum Gasteiger partial charge on any atom is 0.123 e. The fourth-order valence-electron chi connectivity index (χ4n) is 5.36. The number of rotatable bonds is 12. The quantitative estimate of drug-likeness (QED) is 0.304. The number of para-hydroxylation sites is 1. The van der Waals surface area contributed by atoms with Crippen LogP contribution in [0.1, 0.15) is 61.3 Å². The Morgan fingerprint density at radius 2 is 1.53 bits per heavy atom. The molecule has 0 bridgehead atoms. The normalized spacial score (nSPS) is 18.6. The topological polar surface area (TPSA) is 24.5 Å². The lowest BCUT2D eigenvalue weighted by atomic mass is 9.89. The summed E-state index contributed by atoms with van der Waals surface area (Å²) in [4.78, 5) is 2.73. The van der Waals surface area contributed by atoms with E-state index in [1.807, 2.05) is 6.07 Å². The van der Waals surface area contributed by atoms with Crippen molar-refractivity contribution in [1.82, 2.24) is 10.2 Å². The van der Waals surface area contributed by atoms with Crippen LogP contribution in [-0.4, -0.2) is 31.1 Å². The van der Waals surface area contributed by atoms with Gasteiger partial charge in [-0.1, -0.05) is 91.7 Å². The molecule has 0 spiro atoms. The van der Waals surface area contributed by atoms with Crippen LogP contribution in [0, 0.1) is 0 Å². The largest absolute Gasteiger partial charge is 0.496 e. The van der Waals surface area contributed by atoms with Gasteiger partial charge in [0.25, 0.3) is 0 Å². The van der Waals surface area contributed by atoms with Crippen molar-refractivity contribution in [1.29, 1.82) is 0 Å². The van der Waals surface area contributed by atoms with Crippen molar-refractivity contribution < 1.29 is 4.74 Å². The summed E-state index contributed by atoms with van der Waals surface area (Å²) in [5, 5.41) is 3.90. The van der Waals surface area contributed by atoms with Crippen LogP contribution >= 0.6 is 0 Å². The summed E-state index contributed by atoms with van der Waals surface area (Å²) < 4.78 is 5.58. The Hall–Kier alpha value is -2.62. The summed E-state index contributed by atoms with van der Waals surface area (Å²) in [5.74, 6) is 0.967. The van der Waals surface area contributed by atoms with Gasteiger partial charge in [0.05, 0.1) is 13.2 Å². The SMILES string of the molecule is COc1ccccc1CN[C@H]1CCCN(CCCCCCc2ccccc2)[C@H]1c1ccccc1. The monoisotopic (exact) mass is 456 g/mol. The third kappa shape index (κ3) is 6.94. The zero-order valence-corrected chi connectivity index (χ0v) is 20.7. The molecule has 1 saturated heterocycles. The molecular formula is C31H40N2O. The van der Waals surface area contributed by atoms with Gasteiger partial charge in [0.15, 0.2) is 0 Å². The minimum absolute atomic E-state index is 0.425. The molecule has 0 aromatic heterocycles. The highest BCUT2D eigenvalue weighted by Gasteiger charge is 2.32. The van der Waals surface area contributed by atoms with Gasteiger partial charge in [-0.05, 0) is 62.4 Å². The Bertz CT molecular complexity index is 959. The van der Waals surface area contributed by atoms with Crippen molar-refractivity contribution in [2.45, 2.75) is 63.6 Å². The highest BCUT2D eigenvalue weighted by Crippen LogP contribution is 2.32. The predicted octanol–water partition coefficient (Wildman–Crippen LogP) is 6.79. The Balaban J connectivity index is 1.33. The summed E-state index contributed by atoms with van der Waals surface area (Å²) in [7, 11) is 1.76. The number of nitrogens with one attached hydrogen (secondary N) is 1. The average Bonchev–Trinajstić information content (AvgIpc) is 2.90. The molecule has 3 heteroatoms. The van der Waals surface area contributed by atoms with Gasteiger partial charge in [-0.2, -0.15) is 0 Å². The Morgan fingerprint density at radius 1 is 0.824 bits per heavy atom. The molecule has 3 aromatic carbocycles. The maximum absolute atomic E-state index is 5.58. The van der Waals surface area contributed by atoms with E-state index in [4.69, 9.17) is 4.74 Å². The van der Waals surface area contributed by atoms with E-state index < -0.39 is 0 Å². The molecule has 0 unspecified atom stereocenters. The zero-order valence-electron chi connectivity index (χ0n) is 20.7. The number of nitrogens with zero attached hydrogens (tertiary/aromatic N) is 1. The smallest absolute Gasteiger partial charge is 0.123 e. The van der Waals surface area contributed by atoms with Crippen molar-refractivity contribution in [3.05, 3.63) is 102 Å². The minimum Gasteiger partial charge on any atom is -0.496 e. The third-order valence-corrected chi connectivity index (χ3v) is 7.13. The van der Waals surface area contributed by atoms with E-state index in [-0.39, 0.29) is 0 Å². The lowest BCUT2D eigenvalue weighted by molar-refractivity contribution is 0.108. The van der Waals surface area contributed by atoms with Crippen molar-refractivity contribution in [2.24, 2.45) is 0 Å². The van der Waals surface area contributed by atoms with Gasteiger partial charge in [-0.15, -0.1) is 0 Å². The van der Waals surface area contributed by atoms with Crippen LogP contribution < -0.4 is 10.1 Å². The van der Waals surface area contributed by atoms with Gasteiger partial charge in [0, 0.05) is 18.2 Å². The number of piperidine rings is 1. The molecule has 1 heterocycles. The van der Waals surface area contributed by atoms with Gasteiger partial charge in [-0.3, -0.25) is 4.90 Å². The number of hydrogen-bond donors (Lipinski definition) is 1. The first kappa shape index (κ1) is 24.5. The van der Waals surface area contributed by atoms with Gasteiger partial charge in [-0.25, -0.2) is 0 Å². The summed E-state index contributed by atoms with van der Waals surface area (Å²) in [5.41, 5.74) is 4.13. The van der Waals surface area contributed by atoms with Crippen LogP contribution in [0.2, 0.25) is 0 Å². The summed E-state index contributed by atoms with van der Waals surface area (Å²) in [6, 6.07) is 31.2. The molecule has 1 aliphatic rings. The highest BCUT2D eigenvalue weighted by atomic mass is 16.5. The molecule has 4 rings (SSSR count). The van der Waals surface area contributed by atoms with E-state index in [1.165, 1.54) is 74.7 Å². The molecule has 0 saturated carbocycles. The van der Waals surface area contributed by atoms with Gasteiger partial charge in [0.1, 0.15) is 5.75 Å². The fraction of sp³-hybridized carbons (Fsp3) is 0.419. The van der Waals surface area contributed by atoms with Crippen molar-refractivity contribution in [3.63, 3.8) is 0 Å². The predicted molar refractivity (Wildman–Crippen MR) is 142 cm³/mol. The second-order valence-corrected chi connectivity index (χ2v) is 9.48. The van der Waals surface area contributed by atoms with Crippen LogP contribution in [0.5, 0.6) is 5.75 Å². The first-order valence-electron chi connectivity index (χ1n) is 13.0. The average molecular weight is 457 g/mol. The molecule has 3 nitrogen and oxygen atoms in total.